The number of aliphatic imine (C=N–C) groups is 3. The maximum Gasteiger partial charge on any atom is 0.184 e. The van der Waals surface area contributed by atoms with Crippen molar-refractivity contribution in [2.75, 3.05) is 0 Å². The van der Waals surface area contributed by atoms with Crippen LogP contribution >= 0.6 is 0 Å². The van der Waals surface area contributed by atoms with Gasteiger partial charge in [-0.15, -0.1) is 0 Å². The summed E-state index contributed by atoms with van der Waals surface area (Å²) in [6.45, 7) is 3.54. The van der Waals surface area contributed by atoms with Crippen LogP contribution in [0.1, 0.15) is 25.8 Å². The minimum atomic E-state index is -0.784. The van der Waals surface area contributed by atoms with Crippen molar-refractivity contribution in [3.8, 4) is 0 Å². The molecule has 2 heterocycles. The summed E-state index contributed by atoms with van der Waals surface area (Å²) in [6, 6.07) is 9.51. The summed E-state index contributed by atoms with van der Waals surface area (Å²) in [5, 5.41) is 0. The number of fused-ring (bicyclic) bond motifs is 2. The van der Waals surface area contributed by atoms with Gasteiger partial charge in [0.05, 0.1) is 5.92 Å². The van der Waals surface area contributed by atoms with Gasteiger partial charge >= 0.3 is 0 Å². The zero-order valence-corrected chi connectivity index (χ0v) is 12.9. The first kappa shape index (κ1) is 13.9. The van der Waals surface area contributed by atoms with Crippen molar-refractivity contribution in [2.24, 2.45) is 20.9 Å². The minimum absolute atomic E-state index is 0.0294. The third-order valence-corrected chi connectivity index (χ3v) is 4.44. The van der Waals surface area contributed by atoms with Crippen LogP contribution in [0.25, 0.3) is 0 Å². The Kier molecular flexibility index (Phi) is 2.82. The maximum atomic E-state index is 12.6. The molecule has 0 bridgehead atoms. The number of amidine groups is 1. The molecule has 1 unspecified atom stereocenters. The highest BCUT2D eigenvalue weighted by molar-refractivity contribution is 6.51. The molecule has 0 saturated heterocycles. The molecule has 2 aliphatic heterocycles. The van der Waals surface area contributed by atoms with E-state index in [-0.39, 0.29) is 18.0 Å². The molecule has 1 aromatic carbocycles. The Morgan fingerprint density at radius 3 is 2.57 bits per heavy atom. The molecule has 1 aliphatic carbocycles. The summed E-state index contributed by atoms with van der Waals surface area (Å²) < 4.78 is 0. The molecule has 1 aromatic rings. The molecular weight excluding hydrogens is 290 g/mol. The zero-order valence-electron chi connectivity index (χ0n) is 12.9. The molecule has 5 heteroatoms. The Hall–Kier alpha value is -2.69. The van der Waals surface area contributed by atoms with E-state index in [9.17, 15) is 9.59 Å². The van der Waals surface area contributed by atoms with E-state index in [1.54, 1.807) is 20.1 Å². The van der Waals surface area contributed by atoms with Crippen LogP contribution < -0.4 is 0 Å². The van der Waals surface area contributed by atoms with Crippen LogP contribution in [0.5, 0.6) is 0 Å². The molecule has 1 atom stereocenters. The van der Waals surface area contributed by atoms with Crippen LogP contribution in [-0.2, 0) is 9.59 Å². The summed E-state index contributed by atoms with van der Waals surface area (Å²) in [4.78, 5) is 38.3. The van der Waals surface area contributed by atoms with Crippen LogP contribution in [0, 0.1) is 5.92 Å². The molecule has 114 valence electrons. The average molecular weight is 305 g/mol. The van der Waals surface area contributed by atoms with Crippen molar-refractivity contribution in [1.29, 1.82) is 0 Å². The lowest BCUT2D eigenvalue weighted by Gasteiger charge is -2.32. The first-order valence-corrected chi connectivity index (χ1v) is 7.57. The normalized spacial score (nSPS) is 25.0. The van der Waals surface area contributed by atoms with Crippen molar-refractivity contribution < 1.29 is 9.59 Å². The van der Waals surface area contributed by atoms with Gasteiger partial charge < -0.3 is 0 Å². The van der Waals surface area contributed by atoms with Gasteiger partial charge in [-0.2, -0.15) is 0 Å². The fraction of sp³-hybridized carbons (Fsp3) is 0.278. The molecule has 4 rings (SSSR count). The number of nitrogens with zero attached hydrogens (tertiary/aromatic N) is 3. The van der Waals surface area contributed by atoms with E-state index in [4.69, 9.17) is 0 Å². The molecule has 0 fully saturated rings. The fourth-order valence-electron chi connectivity index (χ4n) is 3.12. The van der Waals surface area contributed by atoms with Crippen molar-refractivity contribution in [3.63, 3.8) is 0 Å². The highest BCUT2D eigenvalue weighted by atomic mass is 16.1. The summed E-state index contributed by atoms with van der Waals surface area (Å²) >= 11 is 0. The van der Waals surface area contributed by atoms with Crippen LogP contribution in [0.15, 0.2) is 56.6 Å². The maximum absolute atomic E-state index is 12.6. The topological polar surface area (TPSA) is 71.2 Å². The number of Topliss-reactive ketones (excluding diaryl/α,β-unsaturated/α-hetero) is 2. The molecule has 5 nitrogen and oxygen atoms in total. The van der Waals surface area contributed by atoms with Crippen molar-refractivity contribution in [1.82, 2.24) is 0 Å². The first-order chi connectivity index (χ1) is 11.0. The second-order valence-corrected chi connectivity index (χ2v) is 6.43. The number of carbonyl (C=O) groups is 2. The van der Waals surface area contributed by atoms with Gasteiger partial charge in [0.15, 0.2) is 17.4 Å². The SMILES string of the molecule is CC1(C)N=CC2=C3N=C(c4ccccc4)N=C3C(=O)CC2C1=O. The molecule has 0 aromatic heterocycles. The summed E-state index contributed by atoms with van der Waals surface area (Å²) in [5.41, 5.74) is 1.66. The van der Waals surface area contributed by atoms with Crippen LogP contribution in [-0.4, -0.2) is 34.9 Å². The van der Waals surface area contributed by atoms with Gasteiger partial charge in [-0.3, -0.25) is 14.6 Å². The molecule has 0 radical (unpaired) electrons. The molecule has 23 heavy (non-hydrogen) atoms. The predicted molar refractivity (Wildman–Crippen MR) is 88.1 cm³/mol. The van der Waals surface area contributed by atoms with E-state index in [1.807, 2.05) is 30.3 Å². The van der Waals surface area contributed by atoms with E-state index in [1.165, 1.54) is 0 Å². The first-order valence-electron chi connectivity index (χ1n) is 7.57. The zero-order chi connectivity index (χ0) is 16.2. The van der Waals surface area contributed by atoms with E-state index in [0.29, 0.717) is 17.2 Å². The van der Waals surface area contributed by atoms with Crippen LogP contribution in [0.3, 0.4) is 0 Å². The molecule has 0 saturated carbocycles. The Balaban J connectivity index is 1.88. The number of ketones is 2. The minimum Gasteiger partial charge on any atom is -0.296 e. The molecular formula is C18H15N3O2. The smallest absolute Gasteiger partial charge is 0.184 e. The molecule has 3 aliphatic rings. The van der Waals surface area contributed by atoms with Crippen LogP contribution in [0.4, 0.5) is 0 Å². The number of rotatable bonds is 1. The van der Waals surface area contributed by atoms with E-state index < -0.39 is 11.5 Å². The highest BCUT2D eigenvalue weighted by Crippen LogP contribution is 2.36. The third kappa shape index (κ3) is 2.04. The van der Waals surface area contributed by atoms with Gasteiger partial charge in [0, 0.05) is 23.8 Å². The number of hydrogen-bond acceptors (Lipinski definition) is 5. The summed E-state index contributed by atoms with van der Waals surface area (Å²) in [7, 11) is 0. The Morgan fingerprint density at radius 1 is 1.09 bits per heavy atom. The number of hydrogen-bond donors (Lipinski definition) is 0. The van der Waals surface area contributed by atoms with Gasteiger partial charge in [-0.25, -0.2) is 9.98 Å². The monoisotopic (exact) mass is 305 g/mol. The largest absolute Gasteiger partial charge is 0.296 e. The van der Waals surface area contributed by atoms with Crippen LogP contribution in [0.2, 0.25) is 0 Å². The molecule has 0 amide bonds. The summed E-state index contributed by atoms with van der Waals surface area (Å²) in [6.07, 6.45) is 1.85. The van der Waals surface area contributed by atoms with Crippen molar-refractivity contribution in [3.05, 3.63) is 47.2 Å². The average Bonchev–Trinajstić information content (AvgIpc) is 2.99. The lowest BCUT2D eigenvalue weighted by molar-refractivity contribution is -0.128. The number of allylic oxidation sites excluding steroid dienone is 2. The van der Waals surface area contributed by atoms with Crippen molar-refractivity contribution in [2.45, 2.75) is 25.8 Å². The highest BCUT2D eigenvalue weighted by Gasteiger charge is 2.45. The lowest BCUT2D eigenvalue weighted by atomic mass is 9.74. The van der Waals surface area contributed by atoms with Gasteiger partial charge in [-0.05, 0) is 13.8 Å². The second-order valence-electron chi connectivity index (χ2n) is 6.43. The summed E-state index contributed by atoms with van der Waals surface area (Å²) in [5.74, 6) is -0.0910. The van der Waals surface area contributed by atoms with Crippen molar-refractivity contribution >= 4 is 29.3 Å². The predicted octanol–water partition coefficient (Wildman–Crippen LogP) is 2.16. The molecule has 0 N–H and O–H groups in total. The quantitative estimate of drug-likeness (QED) is 0.797. The van der Waals surface area contributed by atoms with Gasteiger partial charge in [0.1, 0.15) is 16.9 Å². The Morgan fingerprint density at radius 2 is 1.83 bits per heavy atom. The fourth-order valence-corrected chi connectivity index (χ4v) is 3.12. The van der Waals surface area contributed by atoms with Gasteiger partial charge in [0.2, 0.25) is 0 Å². The van der Waals surface area contributed by atoms with E-state index >= 15 is 0 Å². The van der Waals surface area contributed by atoms with Gasteiger partial charge in [0.25, 0.3) is 0 Å². The third-order valence-electron chi connectivity index (χ3n) is 4.44. The Labute approximate surface area is 133 Å². The molecule has 0 spiro atoms. The van der Waals surface area contributed by atoms with E-state index in [2.05, 4.69) is 15.0 Å². The van der Waals surface area contributed by atoms with Gasteiger partial charge in [-0.1, -0.05) is 30.3 Å². The number of benzene rings is 1. The lowest BCUT2D eigenvalue weighted by Crippen LogP contribution is -2.44. The Bertz CT molecular complexity index is 858. The number of carbonyl (C=O) groups excluding carboxylic acids is 2. The standard InChI is InChI=1S/C18H15N3O2/c1-18(2)16(23)11-8-13(22)15-14(12(11)9-19-18)20-17(21-15)10-6-4-3-5-7-10/h3-7,9,11H,8H2,1-2H3. The second kappa shape index (κ2) is 4.65. The van der Waals surface area contributed by atoms with E-state index in [0.717, 1.165) is 11.1 Å².